The summed E-state index contributed by atoms with van der Waals surface area (Å²) in [4.78, 5) is 35.0. The van der Waals surface area contributed by atoms with E-state index in [1.54, 1.807) is 7.05 Å². The molecule has 9 nitrogen and oxygen atoms in total. The van der Waals surface area contributed by atoms with Gasteiger partial charge in [-0.05, 0) is 96.9 Å². The van der Waals surface area contributed by atoms with Crippen molar-refractivity contribution in [1.29, 1.82) is 0 Å². The minimum Gasteiger partial charge on any atom is -0.462 e. The number of nitrogens with one attached hydrogen (secondary N) is 1. The average Bonchev–Trinajstić information content (AvgIpc) is 3.21. The molecule has 0 fully saturated rings. The lowest BCUT2D eigenvalue weighted by atomic mass is 10.2. The first-order valence-electron chi connectivity index (χ1n) is 21.5. The van der Waals surface area contributed by atoms with Crippen LogP contribution in [-0.2, 0) is 32.7 Å². The fraction of sp³-hybridized carbons (Fsp3) is 0.542. The van der Waals surface area contributed by atoms with Crippen LogP contribution in [0, 0.1) is 0 Å². The van der Waals surface area contributed by atoms with E-state index in [1.165, 1.54) is 25.7 Å². The molecule has 0 bridgehead atoms. The van der Waals surface area contributed by atoms with Gasteiger partial charge in [0.05, 0.1) is 13.2 Å². The van der Waals surface area contributed by atoms with Crippen molar-refractivity contribution in [2.45, 2.75) is 136 Å². The number of rotatable bonds is 38. The topological polar surface area (TPSA) is 120 Å². The largest absolute Gasteiger partial charge is 0.472 e. The van der Waals surface area contributed by atoms with Gasteiger partial charge in [0.15, 0.2) is 6.10 Å². The number of esters is 2. The zero-order valence-electron chi connectivity index (χ0n) is 35.9. The number of hydrogen-bond donors (Lipinski definition) is 2. The van der Waals surface area contributed by atoms with Gasteiger partial charge < -0.3 is 19.7 Å². The Labute approximate surface area is 352 Å². The summed E-state index contributed by atoms with van der Waals surface area (Å²) in [5, 5.41) is 2.81. The summed E-state index contributed by atoms with van der Waals surface area (Å²) in [6.07, 6.45) is 56.9. The van der Waals surface area contributed by atoms with Gasteiger partial charge in [-0.25, -0.2) is 4.57 Å². The Hall–Kier alpha value is -3.59. The average molecular weight is 826 g/mol. The highest BCUT2D eigenvalue weighted by Crippen LogP contribution is 2.43. The molecule has 0 radical (unpaired) electrons. The van der Waals surface area contributed by atoms with E-state index in [9.17, 15) is 19.0 Å². The second kappa shape index (κ2) is 43.0. The quantitative estimate of drug-likeness (QED) is 0.0271. The first-order valence-corrected chi connectivity index (χ1v) is 23.0. The van der Waals surface area contributed by atoms with Crippen LogP contribution < -0.4 is 5.32 Å². The third-order valence-electron chi connectivity index (χ3n) is 8.08. The molecule has 0 heterocycles. The van der Waals surface area contributed by atoms with E-state index in [2.05, 4.69) is 122 Å². The first kappa shape index (κ1) is 54.4. The van der Waals surface area contributed by atoms with Crippen molar-refractivity contribution in [1.82, 2.24) is 5.32 Å². The third-order valence-corrected chi connectivity index (χ3v) is 9.06. The van der Waals surface area contributed by atoms with Crippen LogP contribution in [0.5, 0.6) is 0 Å². The molecule has 0 saturated carbocycles. The van der Waals surface area contributed by atoms with Crippen LogP contribution in [0.1, 0.15) is 129 Å². The van der Waals surface area contributed by atoms with Crippen molar-refractivity contribution in [3.05, 3.63) is 122 Å². The molecule has 0 saturated heterocycles. The van der Waals surface area contributed by atoms with Gasteiger partial charge in [-0.3, -0.25) is 18.6 Å². The molecule has 10 heteroatoms. The fourth-order valence-electron chi connectivity index (χ4n) is 4.86. The summed E-state index contributed by atoms with van der Waals surface area (Å²) in [5.41, 5.74) is 0. The molecule has 0 aromatic heterocycles. The van der Waals surface area contributed by atoms with Crippen molar-refractivity contribution in [2.75, 3.05) is 33.4 Å². The minimum absolute atomic E-state index is 0.0465. The predicted octanol–water partition coefficient (Wildman–Crippen LogP) is 12.4. The lowest BCUT2D eigenvalue weighted by Crippen LogP contribution is -2.29. The third kappa shape index (κ3) is 42.0. The Morgan fingerprint density at radius 3 is 1.47 bits per heavy atom. The van der Waals surface area contributed by atoms with E-state index in [0.29, 0.717) is 19.4 Å². The molecule has 0 aliphatic carbocycles. The van der Waals surface area contributed by atoms with Crippen molar-refractivity contribution < 1.29 is 37.6 Å². The van der Waals surface area contributed by atoms with Crippen LogP contribution >= 0.6 is 7.82 Å². The highest BCUT2D eigenvalue weighted by Gasteiger charge is 2.26. The monoisotopic (exact) mass is 826 g/mol. The first-order chi connectivity index (χ1) is 28.3. The summed E-state index contributed by atoms with van der Waals surface area (Å²) in [7, 11) is -2.71. The molecule has 2 unspecified atom stereocenters. The van der Waals surface area contributed by atoms with Crippen LogP contribution in [0.3, 0.4) is 0 Å². The molecule has 0 aliphatic rings. The number of ether oxygens (including phenoxy) is 2. The zero-order valence-corrected chi connectivity index (χ0v) is 36.8. The highest BCUT2D eigenvalue weighted by atomic mass is 31.2. The Morgan fingerprint density at radius 2 is 1.00 bits per heavy atom. The SMILES string of the molecule is CC/C=C\C/C=C\C/C=C\C/C=C\C/C=C\C/C=C\CCC(=O)OC(COC(=O)CCC/C=C\C/C=C\C/C=C\C/C=C\CCCCC)COP(=O)(O)OCCNC. The maximum absolute atomic E-state index is 12.6. The van der Waals surface area contributed by atoms with E-state index in [-0.39, 0.29) is 26.1 Å². The zero-order chi connectivity index (χ0) is 42.5. The van der Waals surface area contributed by atoms with Gasteiger partial charge in [0.25, 0.3) is 0 Å². The van der Waals surface area contributed by atoms with Gasteiger partial charge in [-0.1, -0.05) is 148 Å². The summed E-state index contributed by atoms with van der Waals surface area (Å²) in [6.45, 7) is 3.89. The second-order valence-corrected chi connectivity index (χ2v) is 14.9. The highest BCUT2D eigenvalue weighted by molar-refractivity contribution is 7.47. The lowest BCUT2D eigenvalue weighted by molar-refractivity contribution is -0.161. The van der Waals surface area contributed by atoms with E-state index < -0.39 is 32.5 Å². The smallest absolute Gasteiger partial charge is 0.462 e. The van der Waals surface area contributed by atoms with Gasteiger partial charge in [0.2, 0.25) is 0 Å². The van der Waals surface area contributed by atoms with Crippen LogP contribution in [0.25, 0.3) is 0 Å². The van der Waals surface area contributed by atoms with Crippen molar-refractivity contribution >= 4 is 19.8 Å². The number of allylic oxidation sites excluding steroid dienone is 20. The molecular formula is C48H76NO8P. The summed E-state index contributed by atoms with van der Waals surface area (Å²) >= 11 is 0. The van der Waals surface area contributed by atoms with Crippen molar-refractivity contribution in [3.63, 3.8) is 0 Å². The van der Waals surface area contributed by atoms with Gasteiger partial charge in [-0.15, -0.1) is 0 Å². The van der Waals surface area contributed by atoms with E-state index in [0.717, 1.165) is 64.2 Å². The number of hydrogen-bond acceptors (Lipinski definition) is 8. The van der Waals surface area contributed by atoms with Crippen LogP contribution in [0.2, 0.25) is 0 Å². The lowest BCUT2D eigenvalue weighted by Gasteiger charge is -2.19. The van der Waals surface area contributed by atoms with E-state index in [1.807, 2.05) is 18.2 Å². The van der Waals surface area contributed by atoms with E-state index >= 15 is 0 Å². The number of unbranched alkanes of at least 4 members (excludes halogenated alkanes) is 4. The molecule has 326 valence electrons. The van der Waals surface area contributed by atoms with Gasteiger partial charge in [-0.2, -0.15) is 0 Å². The molecule has 0 aromatic carbocycles. The van der Waals surface area contributed by atoms with Crippen molar-refractivity contribution in [3.8, 4) is 0 Å². The molecule has 58 heavy (non-hydrogen) atoms. The Morgan fingerprint density at radius 1 is 0.552 bits per heavy atom. The summed E-state index contributed by atoms with van der Waals surface area (Å²) < 4.78 is 33.0. The van der Waals surface area contributed by atoms with Crippen LogP contribution in [-0.4, -0.2) is 56.3 Å². The molecule has 0 aliphatic heterocycles. The number of phosphoric acid groups is 1. The number of carbonyl (C=O) groups excluding carboxylic acids is 2. The number of carbonyl (C=O) groups is 2. The standard InChI is InChI=1S/C48H76NO8P/c1-4-6-8-10-12-14-16-18-20-22-23-25-27-29-31-33-35-37-39-41-48(51)57-46(45-56-58(52,53)55-43-42-49-3)44-54-47(50)40-38-36-34-32-30-28-26-24-21-19-17-15-13-11-9-7-5-2/h6,8,12-15,18-21,23,25-26,28-29,31-32,34-35,37,46,49H,4-5,7,9-11,16-17,22,24,27,30,33,36,38-45H2,1-3H3,(H,52,53)/b8-6-,14-12-,15-13-,20-18-,21-19-,25-23-,28-26-,31-29-,34-32-,37-35-. The summed E-state index contributed by atoms with van der Waals surface area (Å²) in [6, 6.07) is 0. The van der Waals surface area contributed by atoms with E-state index in [4.69, 9.17) is 18.5 Å². The fourth-order valence-corrected chi connectivity index (χ4v) is 5.61. The Kier molecular flexibility index (Phi) is 40.3. The van der Waals surface area contributed by atoms with Gasteiger partial charge >= 0.3 is 19.8 Å². The number of phosphoric ester groups is 1. The van der Waals surface area contributed by atoms with Crippen molar-refractivity contribution in [2.24, 2.45) is 0 Å². The molecule has 0 aromatic rings. The minimum atomic E-state index is -4.39. The normalized spacial score (nSPS) is 14.5. The maximum atomic E-state index is 12.6. The Bertz CT molecular complexity index is 1350. The summed E-state index contributed by atoms with van der Waals surface area (Å²) in [5.74, 6) is -0.985. The predicted molar refractivity (Wildman–Crippen MR) is 242 cm³/mol. The molecular weight excluding hydrogens is 750 g/mol. The van der Waals surface area contributed by atoms with Crippen LogP contribution in [0.4, 0.5) is 0 Å². The molecule has 0 rings (SSSR count). The molecule has 2 N–H and O–H groups in total. The molecule has 2 atom stereocenters. The molecule has 0 spiro atoms. The van der Waals surface area contributed by atoms with Gasteiger partial charge in [0, 0.05) is 19.4 Å². The van der Waals surface area contributed by atoms with Gasteiger partial charge in [0.1, 0.15) is 6.61 Å². The Balaban J connectivity index is 4.49. The molecule has 0 amide bonds. The number of likely N-dealkylation sites (N-methyl/N-ethyl adjacent to an activating group) is 1. The van der Waals surface area contributed by atoms with Crippen LogP contribution in [0.15, 0.2) is 122 Å². The maximum Gasteiger partial charge on any atom is 0.472 e. The second-order valence-electron chi connectivity index (χ2n) is 13.4.